The van der Waals surface area contributed by atoms with Gasteiger partial charge in [0.25, 0.3) is 0 Å². The SMILES string of the molecule is C[C@@H]1CCC[C@H](C)N1CC1CCC1. The van der Waals surface area contributed by atoms with Crippen molar-refractivity contribution < 1.29 is 0 Å². The molecule has 0 radical (unpaired) electrons. The summed E-state index contributed by atoms with van der Waals surface area (Å²) >= 11 is 0. The highest BCUT2D eigenvalue weighted by Gasteiger charge is 2.28. The van der Waals surface area contributed by atoms with E-state index in [4.69, 9.17) is 0 Å². The van der Waals surface area contributed by atoms with Crippen LogP contribution in [0.4, 0.5) is 0 Å². The fourth-order valence-electron chi connectivity index (χ4n) is 2.81. The van der Waals surface area contributed by atoms with Gasteiger partial charge in [-0.3, -0.25) is 4.90 Å². The van der Waals surface area contributed by atoms with Crippen molar-refractivity contribution in [1.29, 1.82) is 0 Å². The lowest BCUT2D eigenvalue weighted by molar-refractivity contribution is 0.0658. The van der Waals surface area contributed by atoms with Crippen molar-refractivity contribution in [2.24, 2.45) is 5.92 Å². The van der Waals surface area contributed by atoms with Crippen molar-refractivity contribution in [2.45, 2.75) is 64.5 Å². The van der Waals surface area contributed by atoms with E-state index >= 15 is 0 Å². The Balaban J connectivity index is 1.85. The molecule has 2 fully saturated rings. The monoisotopic (exact) mass is 181 g/mol. The molecule has 0 unspecified atom stereocenters. The second-order valence-corrected chi connectivity index (χ2v) is 5.12. The van der Waals surface area contributed by atoms with Crippen molar-refractivity contribution in [3.05, 3.63) is 0 Å². The van der Waals surface area contributed by atoms with Gasteiger partial charge in [-0.05, 0) is 45.4 Å². The Kier molecular flexibility index (Phi) is 2.92. The van der Waals surface area contributed by atoms with Gasteiger partial charge in [0.2, 0.25) is 0 Å². The number of hydrogen-bond donors (Lipinski definition) is 0. The maximum atomic E-state index is 2.76. The summed E-state index contributed by atoms with van der Waals surface area (Å²) in [4.78, 5) is 2.76. The van der Waals surface area contributed by atoms with Crippen LogP contribution in [0.5, 0.6) is 0 Å². The molecule has 0 bridgehead atoms. The Morgan fingerprint density at radius 2 is 1.46 bits per heavy atom. The Hall–Kier alpha value is -0.0400. The van der Waals surface area contributed by atoms with E-state index in [-0.39, 0.29) is 0 Å². The molecule has 0 aromatic heterocycles. The lowest BCUT2D eigenvalue weighted by Gasteiger charge is -2.42. The molecular weight excluding hydrogens is 158 g/mol. The molecule has 2 aliphatic rings. The van der Waals surface area contributed by atoms with Crippen LogP contribution in [0, 0.1) is 5.92 Å². The maximum absolute atomic E-state index is 2.76. The highest BCUT2D eigenvalue weighted by Crippen LogP contribution is 2.31. The van der Waals surface area contributed by atoms with Gasteiger partial charge in [-0.25, -0.2) is 0 Å². The standard InChI is InChI=1S/C12H23N/c1-10-5-3-6-11(2)13(10)9-12-7-4-8-12/h10-12H,3-9H2,1-2H3/t10-,11+. The molecule has 0 aromatic carbocycles. The minimum Gasteiger partial charge on any atom is -0.298 e. The average molecular weight is 181 g/mol. The summed E-state index contributed by atoms with van der Waals surface area (Å²) < 4.78 is 0. The summed E-state index contributed by atoms with van der Waals surface area (Å²) in [6.45, 7) is 6.21. The quantitative estimate of drug-likeness (QED) is 0.633. The molecule has 0 N–H and O–H groups in total. The lowest BCUT2D eigenvalue weighted by Crippen LogP contribution is -2.46. The summed E-state index contributed by atoms with van der Waals surface area (Å²) in [5.41, 5.74) is 0. The van der Waals surface area contributed by atoms with Gasteiger partial charge in [-0.15, -0.1) is 0 Å². The van der Waals surface area contributed by atoms with E-state index < -0.39 is 0 Å². The van der Waals surface area contributed by atoms with Crippen LogP contribution in [0.25, 0.3) is 0 Å². The third kappa shape index (κ3) is 2.07. The molecule has 1 heterocycles. The van der Waals surface area contributed by atoms with Gasteiger partial charge in [0.15, 0.2) is 0 Å². The number of likely N-dealkylation sites (tertiary alicyclic amines) is 1. The van der Waals surface area contributed by atoms with Crippen molar-refractivity contribution in [1.82, 2.24) is 4.90 Å². The summed E-state index contributed by atoms with van der Waals surface area (Å²) in [6.07, 6.45) is 8.78. The Bertz CT molecular complexity index is 153. The first kappa shape index (κ1) is 9.51. The number of nitrogens with zero attached hydrogens (tertiary/aromatic N) is 1. The fraction of sp³-hybridized carbons (Fsp3) is 1.00. The van der Waals surface area contributed by atoms with Crippen molar-refractivity contribution in [3.8, 4) is 0 Å². The van der Waals surface area contributed by atoms with Gasteiger partial charge < -0.3 is 0 Å². The summed E-state index contributed by atoms with van der Waals surface area (Å²) in [7, 11) is 0. The molecule has 1 saturated heterocycles. The smallest absolute Gasteiger partial charge is 0.00698 e. The largest absolute Gasteiger partial charge is 0.298 e. The molecule has 0 spiro atoms. The maximum Gasteiger partial charge on any atom is 0.00698 e. The molecule has 2 atom stereocenters. The first-order valence-electron chi connectivity index (χ1n) is 6.03. The average Bonchev–Trinajstić information content (AvgIpc) is 2.00. The van der Waals surface area contributed by atoms with E-state index in [9.17, 15) is 0 Å². The van der Waals surface area contributed by atoms with E-state index in [0.29, 0.717) is 0 Å². The van der Waals surface area contributed by atoms with Gasteiger partial charge in [0, 0.05) is 18.6 Å². The Morgan fingerprint density at radius 1 is 0.923 bits per heavy atom. The highest BCUT2D eigenvalue weighted by molar-refractivity contribution is 4.83. The van der Waals surface area contributed by atoms with Crippen LogP contribution >= 0.6 is 0 Å². The van der Waals surface area contributed by atoms with E-state index in [1.54, 1.807) is 0 Å². The predicted octanol–water partition coefficient (Wildman–Crippen LogP) is 3.05. The van der Waals surface area contributed by atoms with Gasteiger partial charge in [-0.2, -0.15) is 0 Å². The molecule has 1 heteroatoms. The summed E-state index contributed by atoms with van der Waals surface area (Å²) in [5.74, 6) is 1.04. The minimum absolute atomic E-state index is 0.851. The second kappa shape index (κ2) is 4.00. The van der Waals surface area contributed by atoms with Crippen molar-refractivity contribution in [2.75, 3.05) is 6.54 Å². The summed E-state index contributed by atoms with van der Waals surface area (Å²) in [6, 6.07) is 1.70. The van der Waals surface area contributed by atoms with E-state index in [1.165, 1.54) is 45.1 Å². The van der Waals surface area contributed by atoms with Crippen molar-refractivity contribution in [3.63, 3.8) is 0 Å². The zero-order chi connectivity index (χ0) is 9.26. The topological polar surface area (TPSA) is 3.24 Å². The summed E-state index contributed by atoms with van der Waals surface area (Å²) in [5, 5.41) is 0. The molecule has 1 aliphatic carbocycles. The van der Waals surface area contributed by atoms with Crippen LogP contribution in [0.15, 0.2) is 0 Å². The van der Waals surface area contributed by atoms with Crippen LogP contribution in [0.3, 0.4) is 0 Å². The molecule has 1 aliphatic heterocycles. The third-order valence-electron chi connectivity index (χ3n) is 4.07. The Labute approximate surface area is 82.5 Å². The van der Waals surface area contributed by atoms with Crippen molar-refractivity contribution >= 4 is 0 Å². The first-order chi connectivity index (χ1) is 6.27. The lowest BCUT2D eigenvalue weighted by atomic mass is 9.83. The van der Waals surface area contributed by atoms with Crippen LogP contribution < -0.4 is 0 Å². The second-order valence-electron chi connectivity index (χ2n) is 5.12. The molecule has 76 valence electrons. The van der Waals surface area contributed by atoms with Gasteiger partial charge in [0.05, 0.1) is 0 Å². The van der Waals surface area contributed by atoms with Crippen LogP contribution in [0.1, 0.15) is 52.4 Å². The van der Waals surface area contributed by atoms with E-state index in [2.05, 4.69) is 18.7 Å². The van der Waals surface area contributed by atoms with Crippen LogP contribution in [0.2, 0.25) is 0 Å². The normalized spacial score (nSPS) is 37.4. The highest BCUT2D eigenvalue weighted by atomic mass is 15.2. The third-order valence-corrected chi connectivity index (χ3v) is 4.07. The van der Waals surface area contributed by atoms with Gasteiger partial charge >= 0.3 is 0 Å². The van der Waals surface area contributed by atoms with Gasteiger partial charge in [-0.1, -0.05) is 12.8 Å². The molecule has 0 amide bonds. The van der Waals surface area contributed by atoms with Crippen LogP contribution in [-0.2, 0) is 0 Å². The van der Waals surface area contributed by atoms with E-state index in [0.717, 1.165) is 18.0 Å². The van der Waals surface area contributed by atoms with E-state index in [1.807, 2.05) is 0 Å². The number of rotatable bonds is 2. The minimum atomic E-state index is 0.851. The zero-order valence-electron chi connectivity index (χ0n) is 9.13. The predicted molar refractivity (Wildman–Crippen MR) is 56.8 cm³/mol. The number of hydrogen-bond acceptors (Lipinski definition) is 1. The zero-order valence-corrected chi connectivity index (χ0v) is 9.13. The molecule has 13 heavy (non-hydrogen) atoms. The number of piperidine rings is 1. The first-order valence-corrected chi connectivity index (χ1v) is 6.03. The molecule has 1 saturated carbocycles. The molecule has 0 aromatic rings. The molecule has 1 nitrogen and oxygen atoms in total. The van der Waals surface area contributed by atoms with Gasteiger partial charge in [0.1, 0.15) is 0 Å². The molecule has 2 rings (SSSR count). The Morgan fingerprint density at radius 3 is 1.92 bits per heavy atom. The fourth-order valence-corrected chi connectivity index (χ4v) is 2.81. The molecular formula is C12H23N. The van der Waals surface area contributed by atoms with Crippen LogP contribution in [-0.4, -0.2) is 23.5 Å².